The van der Waals surface area contributed by atoms with E-state index in [0.717, 1.165) is 29.2 Å². The van der Waals surface area contributed by atoms with Crippen LogP contribution in [0.2, 0.25) is 0 Å². The predicted octanol–water partition coefficient (Wildman–Crippen LogP) is -0.0141. The lowest BCUT2D eigenvalue weighted by Gasteiger charge is -2.40. The molecule has 1 aromatic carbocycles. The highest BCUT2D eigenvalue weighted by Gasteiger charge is 2.33. The van der Waals surface area contributed by atoms with Crippen molar-refractivity contribution in [1.82, 2.24) is 24.6 Å². The number of aromatic nitrogens is 4. The topological polar surface area (TPSA) is 115 Å². The highest BCUT2D eigenvalue weighted by molar-refractivity contribution is 5.84. The number of hydrogen-bond donors (Lipinski definition) is 3. The standard InChI is InChI=1S/C24H28N8O/c1-5-6-11-31-21-19(29-23(31)30-24(4)14-26-15-24)12-27-32(22(21)33)13-20(25)28-17(3)18-10-8-7-9-16(18)2/h7-10,12,26H,2,11,13-15H2,1,3-4H3,(H2,25,28)(H,29,30)/b18-17-. The van der Waals surface area contributed by atoms with Crippen LogP contribution in [0.1, 0.15) is 20.8 Å². The van der Waals surface area contributed by atoms with Crippen molar-refractivity contribution in [2.45, 2.75) is 39.4 Å². The van der Waals surface area contributed by atoms with Crippen molar-refractivity contribution in [1.29, 1.82) is 0 Å². The van der Waals surface area contributed by atoms with Crippen LogP contribution < -0.4 is 32.4 Å². The van der Waals surface area contributed by atoms with Crippen LogP contribution in [0.5, 0.6) is 0 Å². The van der Waals surface area contributed by atoms with E-state index in [-0.39, 0.29) is 23.5 Å². The number of nitrogens with zero attached hydrogens (tertiary/aromatic N) is 5. The van der Waals surface area contributed by atoms with Crippen molar-refractivity contribution in [2.75, 3.05) is 18.4 Å². The molecule has 2 aromatic heterocycles. The number of aliphatic imine (C=N–C) groups is 1. The minimum atomic E-state index is -0.295. The van der Waals surface area contributed by atoms with Gasteiger partial charge >= 0.3 is 0 Å². The number of hydrogen-bond acceptors (Lipinski definition) is 6. The third kappa shape index (κ3) is 4.52. The normalized spacial score (nSPS) is 16.0. The van der Waals surface area contributed by atoms with Gasteiger partial charge in [-0.1, -0.05) is 36.8 Å². The molecule has 1 fully saturated rings. The molecule has 3 aromatic rings. The number of nitrogens with two attached hydrogens (primary N) is 1. The number of rotatable bonds is 6. The monoisotopic (exact) mass is 444 g/mol. The van der Waals surface area contributed by atoms with E-state index in [1.54, 1.807) is 17.7 Å². The van der Waals surface area contributed by atoms with E-state index in [1.165, 1.54) is 4.68 Å². The summed E-state index contributed by atoms with van der Waals surface area (Å²) in [5.74, 6) is 6.80. The quantitative estimate of drug-likeness (QED) is 0.280. The molecular weight excluding hydrogens is 416 g/mol. The zero-order valence-electron chi connectivity index (χ0n) is 19.1. The van der Waals surface area contributed by atoms with Gasteiger partial charge in [-0.05, 0) is 26.0 Å². The molecule has 170 valence electrons. The summed E-state index contributed by atoms with van der Waals surface area (Å²) in [5, 5.41) is 12.7. The Morgan fingerprint density at radius 3 is 2.82 bits per heavy atom. The highest BCUT2D eigenvalue weighted by Crippen LogP contribution is 2.21. The fourth-order valence-corrected chi connectivity index (χ4v) is 3.80. The van der Waals surface area contributed by atoms with Crippen LogP contribution in [0.3, 0.4) is 0 Å². The summed E-state index contributed by atoms with van der Waals surface area (Å²) < 4.78 is 3.11. The van der Waals surface area contributed by atoms with Gasteiger partial charge in [0.05, 0.1) is 18.3 Å². The second-order valence-electron chi connectivity index (χ2n) is 8.42. The van der Waals surface area contributed by atoms with Crippen LogP contribution in [0, 0.1) is 11.8 Å². The summed E-state index contributed by atoms with van der Waals surface area (Å²) >= 11 is 0. The molecule has 1 aliphatic rings. The largest absolute Gasteiger partial charge is 0.386 e. The Morgan fingerprint density at radius 1 is 1.39 bits per heavy atom. The van der Waals surface area contributed by atoms with Crippen molar-refractivity contribution >= 4 is 35.1 Å². The first-order valence-electron chi connectivity index (χ1n) is 10.7. The van der Waals surface area contributed by atoms with E-state index in [1.807, 2.05) is 31.2 Å². The average Bonchev–Trinajstić information content (AvgIpc) is 3.10. The second kappa shape index (κ2) is 8.92. The van der Waals surface area contributed by atoms with E-state index in [9.17, 15) is 4.79 Å². The lowest BCUT2D eigenvalue weighted by molar-refractivity contribution is 0.335. The third-order valence-electron chi connectivity index (χ3n) is 5.64. The molecule has 1 aliphatic heterocycles. The second-order valence-corrected chi connectivity index (χ2v) is 8.42. The Bertz CT molecular complexity index is 1460. The number of amidine groups is 1. The maximum atomic E-state index is 13.3. The fourth-order valence-electron chi connectivity index (χ4n) is 3.80. The third-order valence-corrected chi connectivity index (χ3v) is 5.64. The number of nitrogens with one attached hydrogen (secondary N) is 2. The predicted molar refractivity (Wildman–Crippen MR) is 132 cm³/mol. The zero-order valence-corrected chi connectivity index (χ0v) is 19.1. The van der Waals surface area contributed by atoms with Crippen molar-refractivity contribution in [3.63, 3.8) is 0 Å². The summed E-state index contributed by atoms with van der Waals surface area (Å²) in [6.07, 6.45) is 1.58. The van der Waals surface area contributed by atoms with E-state index in [0.29, 0.717) is 23.5 Å². The highest BCUT2D eigenvalue weighted by atomic mass is 16.1. The van der Waals surface area contributed by atoms with Crippen LogP contribution in [-0.4, -0.2) is 43.8 Å². The summed E-state index contributed by atoms with van der Waals surface area (Å²) in [7, 11) is 0. The lowest BCUT2D eigenvalue weighted by atomic mass is 9.96. The van der Waals surface area contributed by atoms with Gasteiger partial charge in [-0.2, -0.15) is 5.10 Å². The first-order chi connectivity index (χ1) is 15.8. The molecule has 0 unspecified atom stereocenters. The van der Waals surface area contributed by atoms with Crippen LogP contribution in [0.15, 0.2) is 40.2 Å². The van der Waals surface area contributed by atoms with Gasteiger partial charge in [-0.3, -0.25) is 9.36 Å². The first-order valence-corrected chi connectivity index (χ1v) is 10.7. The lowest BCUT2D eigenvalue weighted by Crippen LogP contribution is -2.62. The Morgan fingerprint density at radius 2 is 2.15 bits per heavy atom. The van der Waals surface area contributed by atoms with E-state index < -0.39 is 0 Å². The molecule has 3 heterocycles. The Hall–Kier alpha value is -3.90. The summed E-state index contributed by atoms with van der Waals surface area (Å²) in [6, 6.07) is 7.69. The molecule has 0 bridgehead atoms. The van der Waals surface area contributed by atoms with Gasteiger partial charge < -0.3 is 16.4 Å². The molecule has 0 aliphatic carbocycles. The van der Waals surface area contributed by atoms with Gasteiger partial charge in [0.1, 0.15) is 23.4 Å². The Kier molecular flexibility index (Phi) is 6.03. The molecule has 0 spiro atoms. The maximum absolute atomic E-state index is 13.3. The van der Waals surface area contributed by atoms with Crippen LogP contribution in [-0.2, 0) is 13.1 Å². The van der Waals surface area contributed by atoms with Crippen LogP contribution in [0.25, 0.3) is 23.3 Å². The molecule has 9 heteroatoms. The van der Waals surface area contributed by atoms with Crippen LogP contribution in [0.4, 0.5) is 5.95 Å². The summed E-state index contributed by atoms with van der Waals surface area (Å²) in [4.78, 5) is 22.4. The minimum Gasteiger partial charge on any atom is -0.386 e. The Balaban J connectivity index is 1.73. The van der Waals surface area contributed by atoms with Gasteiger partial charge in [0.25, 0.3) is 5.56 Å². The van der Waals surface area contributed by atoms with Crippen LogP contribution >= 0.6 is 0 Å². The molecule has 1 saturated heterocycles. The van der Waals surface area contributed by atoms with Gasteiger partial charge in [0, 0.05) is 24.0 Å². The van der Waals surface area contributed by atoms with Gasteiger partial charge in [-0.25, -0.2) is 14.7 Å². The number of imidazole rings is 1. The molecule has 0 atom stereocenters. The van der Waals surface area contributed by atoms with Crippen molar-refractivity contribution < 1.29 is 0 Å². The zero-order chi connectivity index (χ0) is 23.6. The number of fused-ring (bicyclic) bond motifs is 1. The summed E-state index contributed by atoms with van der Waals surface area (Å²) in [6.45, 7) is 11.8. The fraction of sp³-hybridized carbons (Fsp3) is 0.333. The Labute approximate surface area is 191 Å². The molecular formula is C24H28N8O. The summed E-state index contributed by atoms with van der Waals surface area (Å²) in [5.41, 5.74) is 7.43. The molecule has 0 amide bonds. The smallest absolute Gasteiger partial charge is 0.293 e. The molecule has 4 rings (SSSR count). The minimum absolute atomic E-state index is 0.0560. The van der Waals surface area contributed by atoms with Gasteiger partial charge in [0.2, 0.25) is 5.95 Å². The maximum Gasteiger partial charge on any atom is 0.293 e. The van der Waals surface area contributed by atoms with Crippen molar-refractivity contribution in [3.8, 4) is 11.8 Å². The number of anilines is 1. The molecule has 4 N–H and O–H groups in total. The van der Waals surface area contributed by atoms with Crippen molar-refractivity contribution in [3.05, 3.63) is 51.3 Å². The number of benzene rings is 1. The molecule has 0 radical (unpaired) electrons. The van der Waals surface area contributed by atoms with Crippen molar-refractivity contribution in [2.24, 2.45) is 10.7 Å². The molecule has 33 heavy (non-hydrogen) atoms. The van der Waals surface area contributed by atoms with Gasteiger partial charge in [-0.15, -0.1) is 5.92 Å². The SMILES string of the molecule is C=c1cccc/c1=C(C)/N=C(\N)Cn1ncc2nc(NC3(C)CNC3)n(CC#CC)c2c1=O. The van der Waals surface area contributed by atoms with E-state index in [2.05, 4.69) is 51.1 Å². The van der Waals surface area contributed by atoms with E-state index >= 15 is 0 Å². The average molecular weight is 445 g/mol. The van der Waals surface area contributed by atoms with E-state index in [4.69, 9.17) is 5.73 Å². The first kappa shape index (κ1) is 22.3. The molecule has 0 saturated carbocycles. The van der Waals surface area contributed by atoms with Gasteiger partial charge in [0.15, 0.2) is 0 Å². The molecule has 9 nitrogen and oxygen atoms in total.